The zero-order chi connectivity index (χ0) is 16.6. The highest BCUT2D eigenvalue weighted by atomic mass is 16.6. The Balaban J connectivity index is 2.30. The summed E-state index contributed by atoms with van der Waals surface area (Å²) in [5.41, 5.74) is -0.435. The number of amides is 1. The molecule has 4 heteroatoms. The first kappa shape index (κ1) is 19.3. The van der Waals surface area contributed by atoms with Crippen molar-refractivity contribution in [2.24, 2.45) is 11.8 Å². The fraction of sp³-hybridized carbons (Fsp3) is 0.944. The average molecular weight is 312 g/mol. The van der Waals surface area contributed by atoms with Crippen LogP contribution in [0.5, 0.6) is 0 Å². The Bertz CT molecular complexity index is 326. The maximum Gasteiger partial charge on any atom is 0.407 e. The molecular formula is C18H36N2O2. The van der Waals surface area contributed by atoms with E-state index in [1.807, 2.05) is 20.8 Å². The van der Waals surface area contributed by atoms with Gasteiger partial charge in [-0.2, -0.15) is 0 Å². The van der Waals surface area contributed by atoms with Gasteiger partial charge in [-0.15, -0.1) is 0 Å². The van der Waals surface area contributed by atoms with E-state index in [9.17, 15) is 4.79 Å². The molecule has 1 saturated carbocycles. The van der Waals surface area contributed by atoms with E-state index in [0.717, 1.165) is 31.2 Å². The van der Waals surface area contributed by atoms with Gasteiger partial charge in [-0.1, -0.05) is 33.1 Å². The van der Waals surface area contributed by atoms with Gasteiger partial charge >= 0.3 is 6.09 Å². The molecule has 0 spiro atoms. The van der Waals surface area contributed by atoms with Crippen molar-refractivity contribution < 1.29 is 9.53 Å². The first-order valence-corrected chi connectivity index (χ1v) is 9.00. The maximum atomic E-state index is 11.8. The molecule has 4 nitrogen and oxygen atoms in total. The van der Waals surface area contributed by atoms with Crippen LogP contribution in [0.1, 0.15) is 73.1 Å². The topological polar surface area (TPSA) is 50.4 Å². The first-order valence-electron chi connectivity index (χ1n) is 9.00. The predicted octanol–water partition coefficient (Wildman–Crippen LogP) is 4.10. The average Bonchev–Trinajstić information content (AvgIpc) is 2.40. The second kappa shape index (κ2) is 9.39. The number of rotatable bonds is 7. The zero-order valence-electron chi connectivity index (χ0n) is 15.2. The normalized spacial score (nSPS) is 23.9. The van der Waals surface area contributed by atoms with Crippen molar-refractivity contribution in [1.82, 2.24) is 10.6 Å². The predicted molar refractivity (Wildman–Crippen MR) is 92.1 cm³/mol. The van der Waals surface area contributed by atoms with Crippen molar-refractivity contribution in [3.63, 3.8) is 0 Å². The van der Waals surface area contributed by atoms with E-state index in [2.05, 4.69) is 24.5 Å². The summed E-state index contributed by atoms with van der Waals surface area (Å²) in [4.78, 5) is 11.8. The third-order valence-electron chi connectivity index (χ3n) is 4.27. The minimum Gasteiger partial charge on any atom is -0.444 e. The molecule has 3 unspecified atom stereocenters. The SMILES string of the molecule is CCCC(CNC(=O)OC(C)(C)C)NCC1CCCC(C)C1. The van der Waals surface area contributed by atoms with Crippen LogP contribution in [0.3, 0.4) is 0 Å². The van der Waals surface area contributed by atoms with E-state index in [1.54, 1.807) is 0 Å². The molecule has 0 bridgehead atoms. The van der Waals surface area contributed by atoms with Crippen LogP contribution >= 0.6 is 0 Å². The van der Waals surface area contributed by atoms with Crippen molar-refractivity contribution in [3.05, 3.63) is 0 Å². The van der Waals surface area contributed by atoms with Crippen molar-refractivity contribution in [2.75, 3.05) is 13.1 Å². The van der Waals surface area contributed by atoms with Crippen LogP contribution in [0.2, 0.25) is 0 Å². The van der Waals surface area contributed by atoms with E-state index >= 15 is 0 Å². The van der Waals surface area contributed by atoms with Crippen LogP contribution in [-0.2, 0) is 4.74 Å². The van der Waals surface area contributed by atoms with Gasteiger partial charge in [0.2, 0.25) is 0 Å². The molecule has 3 atom stereocenters. The van der Waals surface area contributed by atoms with Gasteiger partial charge in [-0.05, 0) is 58.4 Å². The van der Waals surface area contributed by atoms with Gasteiger partial charge in [-0.25, -0.2) is 4.79 Å². The molecule has 1 fully saturated rings. The number of carbonyl (C=O) groups excluding carboxylic acids is 1. The quantitative estimate of drug-likeness (QED) is 0.744. The molecule has 1 rings (SSSR count). The van der Waals surface area contributed by atoms with Gasteiger partial charge in [0.1, 0.15) is 5.60 Å². The lowest BCUT2D eigenvalue weighted by Gasteiger charge is -2.29. The van der Waals surface area contributed by atoms with Crippen LogP contribution in [0.4, 0.5) is 4.79 Å². The van der Waals surface area contributed by atoms with Gasteiger partial charge in [0, 0.05) is 12.6 Å². The van der Waals surface area contributed by atoms with Crippen LogP contribution in [0.15, 0.2) is 0 Å². The molecule has 1 aliphatic carbocycles. The van der Waals surface area contributed by atoms with Gasteiger partial charge < -0.3 is 15.4 Å². The van der Waals surface area contributed by atoms with Crippen LogP contribution in [-0.4, -0.2) is 30.8 Å². The molecule has 0 radical (unpaired) electrons. The Morgan fingerprint density at radius 2 is 2.05 bits per heavy atom. The summed E-state index contributed by atoms with van der Waals surface area (Å²) < 4.78 is 5.30. The van der Waals surface area contributed by atoms with E-state index in [-0.39, 0.29) is 6.09 Å². The number of carbonyl (C=O) groups is 1. The van der Waals surface area contributed by atoms with Gasteiger partial charge in [-0.3, -0.25) is 0 Å². The Kier molecular flexibility index (Phi) is 8.23. The highest BCUT2D eigenvalue weighted by molar-refractivity contribution is 5.67. The van der Waals surface area contributed by atoms with Crippen molar-refractivity contribution in [3.8, 4) is 0 Å². The lowest BCUT2D eigenvalue weighted by atomic mass is 9.82. The van der Waals surface area contributed by atoms with Crippen molar-refractivity contribution in [2.45, 2.75) is 84.8 Å². The van der Waals surface area contributed by atoms with Gasteiger partial charge in [0.05, 0.1) is 0 Å². The monoisotopic (exact) mass is 312 g/mol. The summed E-state index contributed by atoms with van der Waals surface area (Å²) in [6, 6.07) is 0.342. The minimum atomic E-state index is -0.435. The van der Waals surface area contributed by atoms with Crippen molar-refractivity contribution >= 4 is 6.09 Å². The summed E-state index contributed by atoms with van der Waals surface area (Å²) in [5.74, 6) is 1.66. The second-order valence-corrected chi connectivity index (χ2v) is 7.91. The summed E-state index contributed by atoms with van der Waals surface area (Å²) in [5, 5.41) is 6.56. The van der Waals surface area contributed by atoms with E-state index < -0.39 is 5.60 Å². The second-order valence-electron chi connectivity index (χ2n) is 7.91. The summed E-state index contributed by atoms with van der Waals surface area (Å²) in [6.45, 7) is 11.9. The van der Waals surface area contributed by atoms with E-state index in [0.29, 0.717) is 12.6 Å². The molecule has 130 valence electrons. The Morgan fingerprint density at radius 3 is 2.64 bits per heavy atom. The molecule has 2 N–H and O–H groups in total. The molecule has 0 aromatic carbocycles. The molecular weight excluding hydrogens is 276 g/mol. The van der Waals surface area contributed by atoms with E-state index in [1.165, 1.54) is 25.7 Å². The molecule has 0 saturated heterocycles. The third kappa shape index (κ3) is 8.62. The Hall–Kier alpha value is -0.770. The number of nitrogens with one attached hydrogen (secondary N) is 2. The summed E-state index contributed by atoms with van der Waals surface area (Å²) in [6.07, 6.45) is 7.31. The highest BCUT2D eigenvalue weighted by Gasteiger charge is 2.21. The largest absolute Gasteiger partial charge is 0.444 e. The Morgan fingerprint density at radius 1 is 1.32 bits per heavy atom. The molecule has 1 amide bonds. The Labute approximate surface area is 136 Å². The number of ether oxygens (including phenoxy) is 1. The lowest BCUT2D eigenvalue weighted by Crippen LogP contribution is -2.44. The van der Waals surface area contributed by atoms with Crippen LogP contribution < -0.4 is 10.6 Å². The van der Waals surface area contributed by atoms with Crippen molar-refractivity contribution in [1.29, 1.82) is 0 Å². The van der Waals surface area contributed by atoms with Gasteiger partial charge in [0.25, 0.3) is 0 Å². The van der Waals surface area contributed by atoms with Crippen LogP contribution in [0, 0.1) is 11.8 Å². The summed E-state index contributed by atoms with van der Waals surface area (Å²) >= 11 is 0. The molecule has 22 heavy (non-hydrogen) atoms. The molecule has 0 heterocycles. The molecule has 0 aliphatic heterocycles. The molecule has 0 aromatic heterocycles. The smallest absolute Gasteiger partial charge is 0.407 e. The standard InChI is InChI=1S/C18H36N2O2/c1-6-8-16(13-20-17(21)22-18(3,4)5)19-12-15-10-7-9-14(2)11-15/h14-16,19H,6-13H2,1-5H3,(H,20,21). The number of hydrogen-bond donors (Lipinski definition) is 2. The molecule has 0 aromatic rings. The fourth-order valence-corrected chi connectivity index (χ4v) is 3.22. The van der Waals surface area contributed by atoms with E-state index in [4.69, 9.17) is 4.74 Å². The fourth-order valence-electron chi connectivity index (χ4n) is 3.22. The minimum absolute atomic E-state index is 0.318. The number of hydrogen-bond acceptors (Lipinski definition) is 3. The third-order valence-corrected chi connectivity index (χ3v) is 4.27. The molecule has 1 aliphatic rings. The zero-order valence-corrected chi connectivity index (χ0v) is 15.2. The maximum absolute atomic E-state index is 11.8. The highest BCUT2D eigenvalue weighted by Crippen LogP contribution is 2.28. The number of alkyl carbamates (subject to hydrolysis) is 1. The summed E-state index contributed by atoms with van der Waals surface area (Å²) in [7, 11) is 0. The lowest BCUT2D eigenvalue weighted by molar-refractivity contribution is 0.0521. The van der Waals surface area contributed by atoms with Gasteiger partial charge in [0.15, 0.2) is 0 Å². The van der Waals surface area contributed by atoms with Crippen LogP contribution in [0.25, 0.3) is 0 Å². The first-order chi connectivity index (χ1) is 10.3.